The maximum Gasteiger partial charge on any atom is 0.258 e. The van der Waals surface area contributed by atoms with E-state index in [1.54, 1.807) is 24.3 Å². The Bertz CT molecular complexity index is 917. The monoisotopic (exact) mass is 395 g/mol. The summed E-state index contributed by atoms with van der Waals surface area (Å²) in [5.74, 6) is -0.0362. The Hall–Kier alpha value is -2.08. The molecule has 0 aliphatic carbocycles. The molecule has 0 fully saturated rings. The van der Waals surface area contributed by atoms with Gasteiger partial charge < -0.3 is 10.1 Å². The predicted octanol–water partition coefficient (Wildman–Crippen LogP) is 4.29. The van der Waals surface area contributed by atoms with Crippen molar-refractivity contribution in [2.45, 2.75) is 6.54 Å². The van der Waals surface area contributed by atoms with Crippen LogP contribution in [0.3, 0.4) is 0 Å². The lowest BCUT2D eigenvalue weighted by molar-refractivity contribution is -0.123. The third kappa shape index (κ3) is 4.51. The topological polar surface area (TPSA) is 64.1 Å². The summed E-state index contributed by atoms with van der Waals surface area (Å²) >= 11 is 17.9. The number of fused-ring (bicyclic) bond motifs is 1. The minimum absolute atomic E-state index is 0.191. The number of halogens is 3. The molecule has 1 N–H and O–H groups in total. The van der Waals surface area contributed by atoms with Gasteiger partial charge in [0.15, 0.2) is 6.61 Å². The number of rotatable bonds is 5. The number of nitrogens with one attached hydrogen (secondary N) is 1. The first-order chi connectivity index (χ1) is 12.0. The van der Waals surface area contributed by atoms with Gasteiger partial charge in [0.05, 0.1) is 15.9 Å². The maximum atomic E-state index is 12.0. The number of ether oxygens (including phenoxy) is 1. The minimum Gasteiger partial charge on any atom is -0.467 e. The average molecular weight is 397 g/mol. The second-order valence-corrected chi connectivity index (χ2v) is 6.43. The zero-order valence-corrected chi connectivity index (χ0v) is 15.1. The Morgan fingerprint density at radius 3 is 2.56 bits per heavy atom. The van der Waals surface area contributed by atoms with Gasteiger partial charge in [-0.3, -0.25) is 4.79 Å². The highest BCUT2D eigenvalue weighted by atomic mass is 35.5. The maximum absolute atomic E-state index is 12.0. The number of amides is 1. The van der Waals surface area contributed by atoms with Gasteiger partial charge in [-0.1, -0.05) is 46.9 Å². The van der Waals surface area contributed by atoms with Crippen LogP contribution >= 0.6 is 34.8 Å². The Balaban J connectivity index is 1.64. The van der Waals surface area contributed by atoms with Crippen molar-refractivity contribution >= 4 is 51.6 Å². The number of aromatic nitrogens is 2. The van der Waals surface area contributed by atoms with Crippen molar-refractivity contribution in [3.63, 3.8) is 0 Å². The van der Waals surface area contributed by atoms with Crippen LogP contribution < -0.4 is 10.1 Å². The molecule has 1 amide bonds. The zero-order chi connectivity index (χ0) is 17.8. The third-order valence-corrected chi connectivity index (χ3v) is 4.12. The number of carbonyl (C=O) groups excluding carboxylic acids is 1. The summed E-state index contributed by atoms with van der Waals surface area (Å²) in [7, 11) is 0. The van der Waals surface area contributed by atoms with Crippen LogP contribution in [-0.4, -0.2) is 22.5 Å². The molecule has 8 heteroatoms. The van der Waals surface area contributed by atoms with E-state index in [0.717, 1.165) is 5.56 Å². The molecule has 0 aliphatic heterocycles. The fourth-order valence-electron chi connectivity index (χ4n) is 2.17. The van der Waals surface area contributed by atoms with E-state index < -0.39 is 0 Å². The molecule has 128 valence electrons. The van der Waals surface area contributed by atoms with E-state index in [4.69, 9.17) is 39.5 Å². The summed E-state index contributed by atoms with van der Waals surface area (Å²) in [6.45, 7) is 0.186. The van der Waals surface area contributed by atoms with E-state index in [-0.39, 0.29) is 18.4 Å². The van der Waals surface area contributed by atoms with E-state index in [2.05, 4.69) is 15.3 Å². The Morgan fingerprint density at radius 2 is 1.80 bits per heavy atom. The van der Waals surface area contributed by atoms with Crippen LogP contribution in [0.5, 0.6) is 5.88 Å². The molecule has 0 aliphatic rings. The summed E-state index contributed by atoms with van der Waals surface area (Å²) in [4.78, 5) is 20.1. The molecule has 25 heavy (non-hydrogen) atoms. The zero-order valence-electron chi connectivity index (χ0n) is 12.8. The van der Waals surface area contributed by atoms with Crippen LogP contribution in [0.2, 0.25) is 15.1 Å². The van der Waals surface area contributed by atoms with Crippen LogP contribution in [0.15, 0.2) is 42.7 Å². The van der Waals surface area contributed by atoms with E-state index in [9.17, 15) is 4.79 Å². The summed E-state index contributed by atoms with van der Waals surface area (Å²) in [6.07, 6.45) is 1.32. The summed E-state index contributed by atoms with van der Waals surface area (Å²) in [5.41, 5.74) is 1.45. The lowest BCUT2D eigenvalue weighted by atomic mass is 10.2. The first-order valence-corrected chi connectivity index (χ1v) is 8.40. The number of carbonyl (C=O) groups is 1. The van der Waals surface area contributed by atoms with Crippen molar-refractivity contribution in [3.05, 3.63) is 63.4 Å². The van der Waals surface area contributed by atoms with Crippen molar-refractivity contribution in [1.29, 1.82) is 0 Å². The highest BCUT2D eigenvalue weighted by Crippen LogP contribution is 2.30. The van der Waals surface area contributed by atoms with Gasteiger partial charge in [-0.25, -0.2) is 9.97 Å². The lowest BCUT2D eigenvalue weighted by Crippen LogP contribution is -2.28. The van der Waals surface area contributed by atoms with Crippen LogP contribution in [0.25, 0.3) is 10.9 Å². The minimum atomic E-state index is -0.283. The van der Waals surface area contributed by atoms with Crippen molar-refractivity contribution < 1.29 is 9.53 Å². The first-order valence-electron chi connectivity index (χ1n) is 7.26. The van der Waals surface area contributed by atoms with Crippen molar-refractivity contribution in [3.8, 4) is 5.88 Å². The standard InChI is InChI=1S/C17H12Cl3N3O2/c18-11-3-1-10(2-4-11)7-21-15(24)8-25-17-13-5-12(19)6-14(20)16(13)22-9-23-17/h1-6,9H,7-8H2,(H,21,24). The summed E-state index contributed by atoms with van der Waals surface area (Å²) < 4.78 is 5.50. The molecule has 3 aromatic rings. The molecule has 3 rings (SSSR count). The molecular weight excluding hydrogens is 385 g/mol. The van der Waals surface area contributed by atoms with E-state index in [0.29, 0.717) is 32.5 Å². The molecule has 1 heterocycles. The van der Waals surface area contributed by atoms with Gasteiger partial charge in [0.1, 0.15) is 6.33 Å². The van der Waals surface area contributed by atoms with Gasteiger partial charge in [0.25, 0.3) is 5.91 Å². The second kappa shape index (κ2) is 7.87. The molecule has 0 unspecified atom stereocenters. The predicted molar refractivity (Wildman–Crippen MR) is 98.4 cm³/mol. The van der Waals surface area contributed by atoms with Crippen molar-refractivity contribution in [1.82, 2.24) is 15.3 Å². The largest absolute Gasteiger partial charge is 0.467 e. The van der Waals surface area contributed by atoms with Crippen LogP contribution in [-0.2, 0) is 11.3 Å². The van der Waals surface area contributed by atoms with Crippen LogP contribution in [0, 0.1) is 0 Å². The fourth-order valence-corrected chi connectivity index (χ4v) is 2.84. The van der Waals surface area contributed by atoms with Gasteiger partial charge in [-0.2, -0.15) is 0 Å². The van der Waals surface area contributed by atoms with E-state index in [1.165, 1.54) is 6.33 Å². The lowest BCUT2D eigenvalue weighted by Gasteiger charge is -2.09. The molecular formula is C17H12Cl3N3O2. The molecule has 2 aromatic carbocycles. The number of nitrogens with zero attached hydrogens (tertiary/aromatic N) is 2. The fraction of sp³-hybridized carbons (Fsp3) is 0.118. The first kappa shape index (κ1) is 17.7. The summed E-state index contributed by atoms with van der Waals surface area (Å²) in [6, 6.07) is 10.4. The quantitative estimate of drug-likeness (QED) is 0.699. The molecule has 0 spiro atoms. The van der Waals surface area contributed by atoms with Crippen LogP contribution in [0.4, 0.5) is 0 Å². The smallest absolute Gasteiger partial charge is 0.258 e. The van der Waals surface area contributed by atoms with Gasteiger partial charge in [-0.05, 0) is 29.8 Å². The Morgan fingerprint density at radius 1 is 1.04 bits per heavy atom. The van der Waals surface area contributed by atoms with Crippen molar-refractivity contribution in [2.75, 3.05) is 6.61 Å². The molecule has 0 radical (unpaired) electrons. The average Bonchev–Trinajstić information content (AvgIpc) is 2.59. The van der Waals surface area contributed by atoms with Gasteiger partial charge in [0, 0.05) is 16.6 Å². The van der Waals surface area contributed by atoms with Crippen molar-refractivity contribution in [2.24, 2.45) is 0 Å². The summed E-state index contributed by atoms with van der Waals surface area (Å²) in [5, 5.41) is 4.77. The van der Waals surface area contributed by atoms with Gasteiger partial charge >= 0.3 is 0 Å². The number of hydrogen-bond donors (Lipinski definition) is 1. The SMILES string of the molecule is O=C(COc1ncnc2c(Cl)cc(Cl)cc12)NCc1ccc(Cl)cc1. The van der Waals surface area contributed by atoms with Gasteiger partial charge in [-0.15, -0.1) is 0 Å². The van der Waals surface area contributed by atoms with E-state index in [1.807, 2.05) is 12.1 Å². The normalized spacial score (nSPS) is 10.7. The Kier molecular flexibility index (Phi) is 5.58. The van der Waals surface area contributed by atoms with Crippen LogP contribution in [0.1, 0.15) is 5.56 Å². The third-order valence-electron chi connectivity index (χ3n) is 3.36. The molecule has 5 nitrogen and oxygen atoms in total. The molecule has 0 bridgehead atoms. The highest BCUT2D eigenvalue weighted by molar-refractivity contribution is 6.38. The highest BCUT2D eigenvalue weighted by Gasteiger charge is 2.11. The molecule has 0 saturated carbocycles. The van der Waals surface area contributed by atoms with Gasteiger partial charge in [0.2, 0.25) is 5.88 Å². The number of benzene rings is 2. The second-order valence-electron chi connectivity index (χ2n) is 5.15. The van der Waals surface area contributed by atoms with E-state index >= 15 is 0 Å². The Labute approximate surface area is 158 Å². The molecule has 0 saturated heterocycles. The molecule has 0 atom stereocenters. The number of hydrogen-bond acceptors (Lipinski definition) is 4. The molecule has 1 aromatic heterocycles.